The van der Waals surface area contributed by atoms with Crippen molar-refractivity contribution in [2.75, 3.05) is 6.54 Å². The summed E-state index contributed by atoms with van der Waals surface area (Å²) >= 11 is 0. The zero-order chi connectivity index (χ0) is 11.4. The smallest absolute Gasteiger partial charge is 0.240 e. The molecule has 0 radical (unpaired) electrons. The number of amides is 2. The van der Waals surface area contributed by atoms with Crippen molar-refractivity contribution in [1.82, 2.24) is 4.90 Å². The Labute approximate surface area is 102 Å². The number of nitrogens with two attached hydrogens (primary N) is 2. The fraction of sp³-hybridized carbons (Fsp3) is 0.800. The third kappa shape index (κ3) is 3.35. The Morgan fingerprint density at radius 2 is 2.12 bits per heavy atom. The normalized spacial score (nSPS) is 21.4. The molecule has 1 aliphatic heterocycles. The van der Waals surface area contributed by atoms with Crippen molar-refractivity contribution in [2.45, 2.75) is 44.7 Å². The molecule has 1 rings (SSSR count). The van der Waals surface area contributed by atoms with E-state index in [9.17, 15) is 9.59 Å². The molecule has 0 aromatic heterocycles. The molecule has 0 spiro atoms. The Kier molecular flexibility index (Phi) is 6.36. The van der Waals surface area contributed by atoms with Gasteiger partial charge < -0.3 is 16.4 Å². The minimum Gasteiger partial charge on any atom is -0.368 e. The van der Waals surface area contributed by atoms with Crippen LogP contribution in [-0.4, -0.2) is 35.3 Å². The molecular formula is C10H20ClN3O2. The largest absolute Gasteiger partial charge is 0.368 e. The van der Waals surface area contributed by atoms with Crippen molar-refractivity contribution in [3.8, 4) is 0 Å². The number of rotatable bonds is 4. The van der Waals surface area contributed by atoms with E-state index in [4.69, 9.17) is 11.5 Å². The number of carbonyl (C=O) groups excluding carboxylic acids is 2. The van der Waals surface area contributed by atoms with Crippen LogP contribution >= 0.6 is 12.4 Å². The Morgan fingerprint density at radius 1 is 1.50 bits per heavy atom. The molecule has 1 saturated heterocycles. The van der Waals surface area contributed by atoms with Crippen LogP contribution in [0, 0.1) is 0 Å². The first-order valence-corrected chi connectivity index (χ1v) is 5.43. The number of nitrogens with zero attached hydrogens (tertiary/aromatic N) is 1. The average molecular weight is 250 g/mol. The van der Waals surface area contributed by atoms with Crippen LogP contribution in [0.3, 0.4) is 0 Å². The summed E-state index contributed by atoms with van der Waals surface area (Å²) in [6, 6.07) is -0.935. The summed E-state index contributed by atoms with van der Waals surface area (Å²) in [5.74, 6) is -0.567. The minimum absolute atomic E-state index is 0. The lowest BCUT2D eigenvalue weighted by molar-refractivity contribution is -0.138. The summed E-state index contributed by atoms with van der Waals surface area (Å²) in [4.78, 5) is 24.5. The number of likely N-dealkylation sites (tertiary alicyclic amines) is 1. The molecule has 2 amide bonds. The maximum atomic E-state index is 11.8. The molecular weight excluding hydrogens is 230 g/mol. The van der Waals surface area contributed by atoms with Crippen molar-refractivity contribution in [1.29, 1.82) is 0 Å². The second kappa shape index (κ2) is 6.70. The maximum Gasteiger partial charge on any atom is 0.240 e. The van der Waals surface area contributed by atoms with E-state index in [1.165, 1.54) is 4.90 Å². The SMILES string of the molecule is CCCC(N)C(=O)N1CCCC1C(N)=O.Cl. The summed E-state index contributed by atoms with van der Waals surface area (Å²) in [6.07, 6.45) is 3.01. The molecule has 1 heterocycles. The molecule has 4 N–H and O–H groups in total. The van der Waals surface area contributed by atoms with Crippen LogP contribution in [-0.2, 0) is 9.59 Å². The van der Waals surface area contributed by atoms with E-state index in [2.05, 4.69) is 0 Å². The van der Waals surface area contributed by atoms with Gasteiger partial charge in [0.15, 0.2) is 0 Å². The van der Waals surface area contributed by atoms with Gasteiger partial charge in [0.2, 0.25) is 11.8 Å². The van der Waals surface area contributed by atoms with Crippen LogP contribution < -0.4 is 11.5 Å². The van der Waals surface area contributed by atoms with Gasteiger partial charge in [0.05, 0.1) is 6.04 Å². The quantitative estimate of drug-likeness (QED) is 0.736. The molecule has 1 aliphatic rings. The molecule has 0 aromatic rings. The van der Waals surface area contributed by atoms with Gasteiger partial charge >= 0.3 is 0 Å². The summed E-state index contributed by atoms with van der Waals surface area (Å²) in [7, 11) is 0. The predicted octanol–water partition coefficient (Wildman–Crippen LogP) is 0.0119. The molecule has 2 atom stereocenters. The lowest BCUT2D eigenvalue weighted by atomic mass is 10.1. The van der Waals surface area contributed by atoms with Crippen LogP contribution in [0.2, 0.25) is 0 Å². The molecule has 0 bridgehead atoms. The summed E-state index contributed by atoms with van der Waals surface area (Å²) in [6.45, 7) is 2.58. The second-order valence-electron chi connectivity index (χ2n) is 3.99. The number of primary amides is 1. The fourth-order valence-electron chi connectivity index (χ4n) is 1.97. The highest BCUT2D eigenvalue weighted by Gasteiger charge is 2.34. The van der Waals surface area contributed by atoms with Gasteiger partial charge in [-0.05, 0) is 19.3 Å². The van der Waals surface area contributed by atoms with E-state index in [1.54, 1.807) is 0 Å². The molecule has 2 unspecified atom stereocenters. The summed E-state index contributed by atoms with van der Waals surface area (Å²) in [5, 5.41) is 0. The predicted molar refractivity (Wildman–Crippen MR) is 64.1 cm³/mol. The third-order valence-corrected chi connectivity index (χ3v) is 2.78. The Bertz CT molecular complexity index is 260. The molecule has 0 saturated carbocycles. The molecule has 94 valence electrons. The molecule has 0 aliphatic carbocycles. The van der Waals surface area contributed by atoms with Crippen molar-refractivity contribution in [2.24, 2.45) is 11.5 Å². The van der Waals surface area contributed by atoms with Gasteiger partial charge in [0.25, 0.3) is 0 Å². The van der Waals surface area contributed by atoms with Crippen molar-refractivity contribution in [3.63, 3.8) is 0 Å². The first-order chi connectivity index (χ1) is 7.07. The van der Waals surface area contributed by atoms with Crippen molar-refractivity contribution >= 4 is 24.2 Å². The maximum absolute atomic E-state index is 11.8. The van der Waals surface area contributed by atoms with Gasteiger partial charge in [-0.3, -0.25) is 9.59 Å². The molecule has 0 aromatic carbocycles. The lowest BCUT2D eigenvalue weighted by Gasteiger charge is -2.25. The highest BCUT2D eigenvalue weighted by atomic mass is 35.5. The van der Waals surface area contributed by atoms with Crippen LogP contribution in [0.4, 0.5) is 0 Å². The van der Waals surface area contributed by atoms with Gasteiger partial charge in [-0.2, -0.15) is 0 Å². The van der Waals surface area contributed by atoms with Crippen molar-refractivity contribution < 1.29 is 9.59 Å². The summed E-state index contributed by atoms with van der Waals surface area (Å²) < 4.78 is 0. The molecule has 1 fully saturated rings. The topological polar surface area (TPSA) is 89.4 Å². The van der Waals surface area contributed by atoms with Gasteiger partial charge in [-0.25, -0.2) is 0 Å². The number of carbonyl (C=O) groups is 2. The van der Waals surface area contributed by atoms with E-state index < -0.39 is 18.0 Å². The minimum atomic E-state index is -0.491. The number of hydrogen-bond acceptors (Lipinski definition) is 3. The highest BCUT2D eigenvalue weighted by molar-refractivity contribution is 5.89. The zero-order valence-corrected chi connectivity index (χ0v) is 10.3. The Hall–Kier alpha value is -0.810. The van der Waals surface area contributed by atoms with Crippen LogP contribution in [0.15, 0.2) is 0 Å². The third-order valence-electron chi connectivity index (χ3n) is 2.78. The fourth-order valence-corrected chi connectivity index (χ4v) is 1.97. The number of hydrogen-bond donors (Lipinski definition) is 2. The van der Waals surface area contributed by atoms with Crippen LogP contribution in [0.5, 0.6) is 0 Å². The van der Waals surface area contributed by atoms with Crippen LogP contribution in [0.1, 0.15) is 32.6 Å². The van der Waals surface area contributed by atoms with Crippen LogP contribution in [0.25, 0.3) is 0 Å². The average Bonchev–Trinajstić information content (AvgIpc) is 2.65. The Morgan fingerprint density at radius 3 is 2.62 bits per heavy atom. The summed E-state index contributed by atoms with van der Waals surface area (Å²) in [5.41, 5.74) is 11.0. The van der Waals surface area contributed by atoms with E-state index >= 15 is 0 Å². The molecule has 5 nitrogen and oxygen atoms in total. The van der Waals surface area contributed by atoms with Gasteiger partial charge in [-0.15, -0.1) is 12.4 Å². The first kappa shape index (κ1) is 15.2. The molecule has 6 heteroatoms. The van der Waals surface area contributed by atoms with Gasteiger partial charge in [0.1, 0.15) is 6.04 Å². The van der Waals surface area contributed by atoms with E-state index in [1.807, 2.05) is 6.92 Å². The number of halogens is 1. The van der Waals surface area contributed by atoms with E-state index in [0.29, 0.717) is 19.4 Å². The molecule has 16 heavy (non-hydrogen) atoms. The monoisotopic (exact) mass is 249 g/mol. The highest BCUT2D eigenvalue weighted by Crippen LogP contribution is 2.18. The van der Waals surface area contributed by atoms with E-state index in [0.717, 1.165) is 12.8 Å². The zero-order valence-electron chi connectivity index (χ0n) is 9.52. The van der Waals surface area contributed by atoms with Gasteiger partial charge in [0, 0.05) is 6.54 Å². The second-order valence-corrected chi connectivity index (χ2v) is 3.99. The lowest BCUT2D eigenvalue weighted by Crippen LogP contribution is -2.50. The first-order valence-electron chi connectivity index (χ1n) is 5.43. The standard InChI is InChI=1S/C10H19N3O2.ClH/c1-2-4-7(11)10(15)13-6-3-5-8(13)9(12)14;/h7-8H,2-6,11H2,1H3,(H2,12,14);1H. The Balaban J connectivity index is 0.00000225. The van der Waals surface area contributed by atoms with Crippen molar-refractivity contribution in [3.05, 3.63) is 0 Å². The van der Waals surface area contributed by atoms with Gasteiger partial charge in [-0.1, -0.05) is 13.3 Å². The van der Waals surface area contributed by atoms with E-state index in [-0.39, 0.29) is 18.3 Å².